The van der Waals surface area contributed by atoms with Crippen molar-refractivity contribution in [2.75, 3.05) is 26.9 Å². The molecule has 3 aromatic carbocycles. The zero-order valence-corrected chi connectivity index (χ0v) is 21.5. The Labute approximate surface area is 222 Å². The van der Waals surface area contributed by atoms with Gasteiger partial charge in [0.05, 0.1) is 18.2 Å². The second kappa shape index (κ2) is 13.1. The van der Waals surface area contributed by atoms with Crippen LogP contribution >= 0.6 is 11.6 Å². The van der Waals surface area contributed by atoms with E-state index in [2.05, 4.69) is 5.32 Å². The van der Waals surface area contributed by atoms with Crippen LogP contribution in [0.3, 0.4) is 0 Å². The van der Waals surface area contributed by atoms with Gasteiger partial charge in [-0.1, -0.05) is 66.2 Å². The summed E-state index contributed by atoms with van der Waals surface area (Å²) in [5.41, 5.74) is 1.55. The zero-order valence-electron chi connectivity index (χ0n) is 20.8. The minimum atomic E-state index is -0.868. The Hall–Kier alpha value is -3.55. The highest BCUT2D eigenvalue weighted by Crippen LogP contribution is 2.27. The molecule has 0 unspecified atom stereocenters. The minimum Gasteiger partial charge on any atom is -0.497 e. The second-order valence-corrected chi connectivity index (χ2v) is 9.19. The highest BCUT2D eigenvalue weighted by molar-refractivity contribution is 6.32. The summed E-state index contributed by atoms with van der Waals surface area (Å²) in [6.07, 6.45) is 1.86. The molecule has 2 amide bonds. The number of rotatable bonds is 11. The summed E-state index contributed by atoms with van der Waals surface area (Å²) < 4.78 is 16.7. The Morgan fingerprint density at radius 1 is 1.05 bits per heavy atom. The van der Waals surface area contributed by atoms with Crippen LogP contribution in [0.5, 0.6) is 11.5 Å². The van der Waals surface area contributed by atoms with E-state index in [-0.39, 0.29) is 31.1 Å². The molecule has 8 heteroatoms. The highest BCUT2D eigenvalue weighted by atomic mass is 35.5. The van der Waals surface area contributed by atoms with E-state index < -0.39 is 6.04 Å². The lowest BCUT2D eigenvalue weighted by Gasteiger charge is -2.32. The van der Waals surface area contributed by atoms with Gasteiger partial charge in [-0.25, -0.2) is 0 Å². The third-order valence-corrected chi connectivity index (χ3v) is 6.54. The van der Waals surface area contributed by atoms with Crippen LogP contribution in [0, 0.1) is 0 Å². The molecule has 1 saturated heterocycles. The largest absolute Gasteiger partial charge is 0.497 e. The van der Waals surface area contributed by atoms with E-state index in [1.807, 2.05) is 54.6 Å². The van der Waals surface area contributed by atoms with E-state index >= 15 is 0 Å². The van der Waals surface area contributed by atoms with Crippen molar-refractivity contribution < 1.29 is 23.8 Å². The average molecular weight is 523 g/mol. The van der Waals surface area contributed by atoms with Crippen molar-refractivity contribution >= 4 is 23.4 Å². The van der Waals surface area contributed by atoms with E-state index in [9.17, 15) is 9.59 Å². The zero-order chi connectivity index (χ0) is 26.0. The molecule has 0 aliphatic carbocycles. The van der Waals surface area contributed by atoms with E-state index in [0.29, 0.717) is 35.2 Å². The van der Waals surface area contributed by atoms with Crippen molar-refractivity contribution in [1.82, 2.24) is 10.2 Å². The Morgan fingerprint density at radius 3 is 2.46 bits per heavy atom. The van der Waals surface area contributed by atoms with Gasteiger partial charge >= 0.3 is 0 Å². The molecule has 0 aromatic heterocycles. The molecule has 4 rings (SSSR count). The van der Waals surface area contributed by atoms with Crippen molar-refractivity contribution in [2.45, 2.75) is 31.5 Å². The molecule has 7 nitrogen and oxygen atoms in total. The number of halogens is 1. The highest BCUT2D eigenvalue weighted by Gasteiger charge is 2.32. The van der Waals surface area contributed by atoms with E-state index in [4.69, 9.17) is 25.8 Å². The number of hydrogen-bond donors (Lipinski definition) is 1. The molecule has 0 saturated carbocycles. The van der Waals surface area contributed by atoms with Gasteiger partial charge < -0.3 is 24.4 Å². The third kappa shape index (κ3) is 7.24. The Balaban J connectivity index is 1.61. The normalized spacial score (nSPS) is 15.6. The summed E-state index contributed by atoms with van der Waals surface area (Å²) in [6, 6.07) is 22.8. The Morgan fingerprint density at radius 2 is 1.78 bits per heavy atom. The number of methoxy groups -OCH3 is 1. The molecule has 1 aliphatic heterocycles. The van der Waals surface area contributed by atoms with Crippen molar-refractivity contribution in [3.63, 3.8) is 0 Å². The van der Waals surface area contributed by atoms with Gasteiger partial charge in [0.15, 0.2) is 6.61 Å². The first-order chi connectivity index (χ1) is 18.0. The number of benzene rings is 3. The van der Waals surface area contributed by atoms with Crippen LogP contribution in [0.15, 0.2) is 78.9 Å². The topological polar surface area (TPSA) is 77.1 Å². The fourth-order valence-corrected chi connectivity index (χ4v) is 4.45. The molecule has 1 aliphatic rings. The molecular formula is C29H31ClN2O5. The number of para-hydroxylation sites is 1. The summed E-state index contributed by atoms with van der Waals surface area (Å²) in [7, 11) is 1.60. The molecule has 1 fully saturated rings. The Bertz CT molecular complexity index is 1170. The summed E-state index contributed by atoms with van der Waals surface area (Å²) in [4.78, 5) is 28.8. The first-order valence-corrected chi connectivity index (χ1v) is 12.7. The van der Waals surface area contributed by atoms with E-state index in [1.54, 1.807) is 36.3 Å². The van der Waals surface area contributed by atoms with Crippen LogP contribution in [0.2, 0.25) is 5.02 Å². The lowest BCUT2D eigenvalue weighted by molar-refractivity contribution is -0.143. The van der Waals surface area contributed by atoms with Gasteiger partial charge in [0.25, 0.3) is 5.91 Å². The van der Waals surface area contributed by atoms with Crippen molar-refractivity contribution in [3.8, 4) is 11.5 Å². The maximum Gasteiger partial charge on any atom is 0.261 e. The van der Waals surface area contributed by atoms with Gasteiger partial charge in [0.2, 0.25) is 5.91 Å². The van der Waals surface area contributed by atoms with E-state index in [0.717, 1.165) is 18.4 Å². The lowest BCUT2D eigenvalue weighted by Crippen LogP contribution is -2.46. The summed E-state index contributed by atoms with van der Waals surface area (Å²) in [5, 5.41) is 3.41. The number of ether oxygens (including phenoxy) is 3. The second-order valence-electron chi connectivity index (χ2n) is 8.78. The van der Waals surface area contributed by atoms with E-state index in [1.165, 1.54) is 0 Å². The molecule has 3 aromatic rings. The fourth-order valence-electron chi connectivity index (χ4n) is 4.26. The first kappa shape index (κ1) is 26.5. The standard InChI is InChI=1S/C29H31ClN2O5/c1-35-23-15-13-21(14-16-23)19-32(27(33)20-37-26-12-6-5-11-25(26)30)28(22-8-3-2-4-9-22)29(34)31-18-24-10-7-17-36-24/h2-6,8-9,11-16,24,28H,7,10,17-20H2,1H3,(H,31,34)/t24-,28-/m0/s1. The number of hydrogen-bond acceptors (Lipinski definition) is 5. The summed E-state index contributed by atoms with van der Waals surface area (Å²) in [5.74, 6) is 0.483. The van der Waals surface area contributed by atoms with Crippen LogP contribution in [-0.2, 0) is 20.9 Å². The van der Waals surface area contributed by atoms with Gasteiger partial charge in [-0.2, -0.15) is 0 Å². The molecule has 2 atom stereocenters. The lowest BCUT2D eigenvalue weighted by atomic mass is 10.0. The molecule has 0 radical (unpaired) electrons. The van der Waals surface area contributed by atoms with Crippen LogP contribution in [0.25, 0.3) is 0 Å². The number of nitrogens with zero attached hydrogens (tertiary/aromatic N) is 1. The SMILES string of the molecule is COc1ccc(CN(C(=O)COc2ccccc2Cl)[C@H](C(=O)NC[C@@H]2CCCO2)c2ccccc2)cc1. The van der Waals surface area contributed by atoms with Crippen molar-refractivity contribution in [2.24, 2.45) is 0 Å². The predicted molar refractivity (Wildman–Crippen MR) is 142 cm³/mol. The van der Waals surface area contributed by atoms with Gasteiger partial charge in [0.1, 0.15) is 17.5 Å². The summed E-state index contributed by atoms with van der Waals surface area (Å²) >= 11 is 6.22. The van der Waals surface area contributed by atoms with Crippen molar-refractivity contribution in [3.05, 3.63) is 95.0 Å². The summed E-state index contributed by atoms with van der Waals surface area (Å²) in [6.45, 7) is 1.01. The van der Waals surface area contributed by atoms with Gasteiger partial charge in [-0.05, 0) is 48.2 Å². The first-order valence-electron chi connectivity index (χ1n) is 12.3. The van der Waals surface area contributed by atoms with Crippen LogP contribution < -0.4 is 14.8 Å². The Kier molecular flexibility index (Phi) is 9.40. The monoisotopic (exact) mass is 522 g/mol. The maximum absolute atomic E-state index is 13.7. The fraction of sp³-hybridized carbons (Fsp3) is 0.310. The molecule has 194 valence electrons. The number of carbonyl (C=O) groups is 2. The van der Waals surface area contributed by atoms with Crippen molar-refractivity contribution in [1.29, 1.82) is 0 Å². The van der Waals surface area contributed by atoms with Gasteiger partial charge in [0, 0.05) is 19.7 Å². The minimum absolute atomic E-state index is 0.0188. The number of amides is 2. The third-order valence-electron chi connectivity index (χ3n) is 6.22. The maximum atomic E-state index is 13.7. The van der Waals surface area contributed by atoms with Crippen LogP contribution in [-0.4, -0.2) is 49.7 Å². The number of carbonyl (C=O) groups excluding carboxylic acids is 2. The van der Waals surface area contributed by atoms with Crippen LogP contribution in [0.4, 0.5) is 0 Å². The van der Waals surface area contributed by atoms with Gasteiger partial charge in [-0.3, -0.25) is 9.59 Å². The molecule has 37 heavy (non-hydrogen) atoms. The number of nitrogens with one attached hydrogen (secondary N) is 1. The smallest absolute Gasteiger partial charge is 0.261 e. The molecule has 0 spiro atoms. The van der Waals surface area contributed by atoms with Crippen LogP contribution in [0.1, 0.15) is 30.0 Å². The van der Waals surface area contributed by atoms with Gasteiger partial charge in [-0.15, -0.1) is 0 Å². The molecule has 1 N–H and O–H groups in total. The predicted octanol–water partition coefficient (Wildman–Crippen LogP) is 4.79. The quantitative estimate of drug-likeness (QED) is 0.392. The average Bonchev–Trinajstić information content (AvgIpc) is 3.46. The molecule has 0 bridgehead atoms. The molecular weight excluding hydrogens is 492 g/mol. The molecule has 1 heterocycles.